The molecule has 0 atom stereocenters. The molecule has 4 heteroatoms. The number of hydrogen-bond acceptors (Lipinski definition) is 1. The second-order valence-corrected chi connectivity index (χ2v) is 27.4. The molecule has 0 unspecified atom stereocenters. The molecule has 0 saturated carbocycles. The van der Waals surface area contributed by atoms with E-state index in [1.165, 1.54) is 82.0 Å². The van der Waals surface area contributed by atoms with Crippen LogP contribution in [0.3, 0.4) is 0 Å². The van der Waals surface area contributed by atoms with Gasteiger partial charge in [0.15, 0.2) is 0 Å². The number of fused-ring (bicyclic) bond motifs is 4. The van der Waals surface area contributed by atoms with Gasteiger partial charge in [0.25, 0.3) is 0 Å². The quantitative estimate of drug-likeness (QED) is 0.125. The zero-order valence-electron chi connectivity index (χ0n) is 36.9. The van der Waals surface area contributed by atoms with Crippen LogP contribution < -0.4 is 17.5 Å². The van der Waals surface area contributed by atoms with Crippen molar-refractivity contribution in [2.75, 3.05) is 0 Å². The maximum absolute atomic E-state index is 11.7. The minimum absolute atomic E-state index is 0. The molecular formula is C56H57ClOSiZr-2. The third-order valence-electron chi connectivity index (χ3n) is 10.6. The van der Waals surface area contributed by atoms with Gasteiger partial charge in [-0.25, -0.2) is 0 Å². The molecule has 0 bridgehead atoms. The molecule has 0 saturated heterocycles. The first-order valence-corrected chi connectivity index (χ1v) is 26.8. The largest absolute Gasteiger partial charge is 1.00 e. The summed E-state index contributed by atoms with van der Waals surface area (Å²) >= 11 is 1.74. The molecule has 0 N–H and O–H groups in total. The zero-order valence-corrected chi connectivity index (χ0v) is 41.1. The second kappa shape index (κ2) is 19.9. The van der Waals surface area contributed by atoms with Gasteiger partial charge in [-0.15, -0.1) is 74.8 Å². The number of hydrogen-bond donors (Lipinski definition) is 0. The number of rotatable bonds is 2. The Morgan fingerprint density at radius 2 is 0.900 bits per heavy atom. The average Bonchev–Trinajstić information content (AvgIpc) is 3.78. The van der Waals surface area contributed by atoms with Gasteiger partial charge in [-0.3, -0.25) is 0 Å². The Morgan fingerprint density at radius 1 is 0.483 bits per heavy atom. The van der Waals surface area contributed by atoms with Crippen LogP contribution in [0.25, 0.3) is 65.3 Å². The molecule has 304 valence electrons. The summed E-state index contributed by atoms with van der Waals surface area (Å²) in [7, 11) is 0. The van der Waals surface area contributed by atoms with Crippen LogP contribution >= 0.6 is 0 Å². The van der Waals surface area contributed by atoms with E-state index in [-0.39, 0.29) is 34.4 Å². The third-order valence-corrected chi connectivity index (χ3v) is 10.6. The van der Waals surface area contributed by atoms with E-state index >= 15 is 0 Å². The molecular weight excluding hydrogens is 843 g/mol. The van der Waals surface area contributed by atoms with Crippen LogP contribution in [0.5, 0.6) is 5.75 Å². The Balaban J connectivity index is 0.000000164. The molecule has 1 nitrogen and oxygen atoms in total. The Kier molecular flexibility index (Phi) is 15.4. The molecule has 0 aromatic heterocycles. The molecule has 0 heterocycles. The van der Waals surface area contributed by atoms with Crippen molar-refractivity contribution >= 4 is 48.5 Å². The fourth-order valence-corrected chi connectivity index (χ4v) is 7.57. The van der Waals surface area contributed by atoms with Gasteiger partial charge in [-0.2, -0.15) is 12.1 Å². The van der Waals surface area contributed by atoms with Gasteiger partial charge in [0.2, 0.25) is 0 Å². The maximum Gasteiger partial charge on any atom is -0.0178 e. The molecule has 0 amide bonds. The van der Waals surface area contributed by atoms with E-state index in [9.17, 15) is 5.11 Å². The molecule has 9 aromatic carbocycles. The van der Waals surface area contributed by atoms with Gasteiger partial charge in [0.05, 0.1) is 0 Å². The van der Waals surface area contributed by atoms with Crippen LogP contribution in [0.1, 0.15) is 63.8 Å². The predicted octanol–water partition coefficient (Wildman–Crippen LogP) is 12.5. The summed E-state index contributed by atoms with van der Waals surface area (Å²) < 4.78 is 0. The van der Waals surface area contributed by atoms with Crippen LogP contribution in [0.15, 0.2) is 164 Å². The predicted molar refractivity (Wildman–Crippen MR) is 255 cm³/mol. The summed E-state index contributed by atoms with van der Waals surface area (Å²) in [5.41, 5.74) is 10.3. The minimum atomic E-state index is -0.0711. The standard InChI is InChI=1S/2C20H15.C14H22O.C2H6Si.ClH.Zr/c2*1-14-11-17-7-4-8-19(20(17)12-14)18-10-9-15-5-2-3-6-16(15)13-18;1-13(2,3)10-7-8-12(15)11(9-10)14(4,5)6;1-3-2;;/h2*2-13H,1H3;7-9,15H,1-6H3;1-2H3;1H;/q2*-1;;;;+2/p-2. The zero-order chi connectivity index (χ0) is 42.5. The van der Waals surface area contributed by atoms with Crippen molar-refractivity contribution in [2.24, 2.45) is 0 Å². The van der Waals surface area contributed by atoms with Crippen molar-refractivity contribution in [1.82, 2.24) is 0 Å². The van der Waals surface area contributed by atoms with Crippen LogP contribution in [0, 0.1) is 13.8 Å². The van der Waals surface area contributed by atoms with E-state index in [4.69, 9.17) is 0 Å². The maximum atomic E-state index is 11.7. The van der Waals surface area contributed by atoms with E-state index < -0.39 is 0 Å². The van der Waals surface area contributed by atoms with Crippen LogP contribution in [0.2, 0.25) is 13.1 Å². The third kappa shape index (κ3) is 11.6. The van der Waals surface area contributed by atoms with Gasteiger partial charge in [-0.05, 0) is 61.2 Å². The second-order valence-electron chi connectivity index (χ2n) is 18.0. The van der Waals surface area contributed by atoms with Gasteiger partial charge < -0.3 is 17.5 Å². The summed E-state index contributed by atoms with van der Waals surface area (Å²) in [6.45, 7) is 21.7. The van der Waals surface area contributed by atoms with Gasteiger partial charge in [-0.1, -0.05) is 175 Å². The first-order chi connectivity index (χ1) is 28.0. The Labute approximate surface area is 380 Å². The normalized spacial score (nSPS) is 11.2. The van der Waals surface area contributed by atoms with Crippen molar-refractivity contribution in [3.63, 3.8) is 0 Å². The van der Waals surface area contributed by atoms with Crippen molar-refractivity contribution in [1.29, 1.82) is 0 Å². The van der Waals surface area contributed by atoms with Crippen molar-refractivity contribution < 1.29 is 40.8 Å². The molecule has 0 radical (unpaired) electrons. The number of halogens is 1. The SMILES string of the molecule is CC(C)(C)c1ccc([O-])c(C(C)(C)C)c1.C[Si](C)=[Zr+2].Cc1cc2c(-c3ccc4ccccc4c3)cccc2[cH-]1.Cc1cc2c(-c3ccc4ccccc4c3)cccc2[cH-]1.[Cl-]. The van der Waals surface area contributed by atoms with E-state index in [1.807, 2.05) is 6.07 Å². The van der Waals surface area contributed by atoms with Crippen LogP contribution in [0.4, 0.5) is 0 Å². The number of benzene rings is 7. The summed E-state index contributed by atoms with van der Waals surface area (Å²) in [6.07, 6.45) is 0. The van der Waals surface area contributed by atoms with Crippen molar-refractivity contribution in [2.45, 2.75) is 79.3 Å². The molecule has 9 aromatic rings. The van der Waals surface area contributed by atoms with E-state index in [2.05, 4.69) is 220 Å². The van der Waals surface area contributed by atoms with E-state index in [1.54, 1.807) is 29.4 Å². The van der Waals surface area contributed by atoms with E-state index in [0.29, 0.717) is 0 Å². The van der Waals surface area contributed by atoms with Crippen LogP contribution in [-0.4, -0.2) is 5.43 Å². The molecule has 0 fully saturated rings. The summed E-state index contributed by atoms with van der Waals surface area (Å²) in [5.74, 6) is 0.149. The Hall–Kier alpha value is -4.53. The van der Waals surface area contributed by atoms with Crippen molar-refractivity contribution in [3.8, 4) is 28.0 Å². The molecule has 0 aliphatic rings. The monoisotopic (exact) mass is 898 g/mol. The van der Waals surface area contributed by atoms with Gasteiger partial charge in [0, 0.05) is 0 Å². The van der Waals surface area contributed by atoms with E-state index in [0.717, 1.165) is 5.56 Å². The Bertz CT molecular complexity index is 2720. The summed E-state index contributed by atoms with van der Waals surface area (Å²) in [5, 5.41) is 22.3. The molecule has 0 spiro atoms. The first-order valence-electron chi connectivity index (χ1n) is 20.6. The Morgan fingerprint density at radius 3 is 1.30 bits per heavy atom. The minimum Gasteiger partial charge on any atom is -1.00 e. The molecule has 9 rings (SSSR count). The first kappa shape index (κ1) is 46.5. The topological polar surface area (TPSA) is 23.1 Å². The fraction of sp³-hybridized carbons (Fsp3) is 0.214. The summed E-state index contributed by atoms with van der Waals surface area (Å²) in [6, 6.07) is 58.3. The molecule has 0 aliphatic heterocycles. The van der Waals surface area contributed by atoms with Gasteiger partial charge in [0.1, 0.15) is 0 Å². The van der Waals surface area contributed by atoms with Gasteiger partial charge >= 0.3 is 41.9 Å². The number of aryl methyl sites for hydroxylation is 2. The summed E-state index contributed by atoms with van der Waals surface area (Å²) in [4.78, 5) is 0. The average molecular weight is 901 g/mol. The molecule has 60 heavy (non-hydrogen) atoms. The fourth-order valence-electron chi connectivity index (χ4n) is 7.57. The van der Waals surface area contributed by atoms with Crippen molar-refractivity contribution in [3.05, 3.63) is 186 Å². The van der Waals surface area contributed by atoms with Crippen LogP contribution in [-0.2, 0) is 34.2 Å². The smallest absolute Gasteiger partial charge is 0.0178 e. The molecule has 0 aliphatic carbocycles.